The van der Waals surface area contributed by atoms with Crippen molar-refractivity contribution >= 4 is 56.0 Å². The third-order valence-electron chi connectivity index (χ3n) is 3.83. The van der Waals surface area contributed by atoms with Gasteiger partial charge in [-0.25, -0.2) is 4.99 Å². The van der Waals surface area contributed by atoms with Crippen LogP contribution in [0.5, 0.6) is 0 Å². The Hall–Kier alpha value is -2.38. The van der Waals surface area contributed by atoms with Crippen LogP contribution in [-0.2, 0) is 9.59 Å². The number of para-hydroxylation sites is 2. The van der Waals surface area contributed by atoms with E-state index in [4.69, 9.17) is 0 Å². The lowest BCUT2D eigenvalue weighted by molar-refractivity contribution is -0.127. The second kappa shape index (κ2) is 9.01. The molecular formula is C20H18BrN3O2S. The van der Waals surface area contributed by atoms with Crippen molar-refractivity contribution < 1.29 is 9.59 Å². The number of thioether (sulfide) groups is 1. The van der Waals surface area contributed by atoms with Gasteiger partial charge in [-0.1, -0.05) is 48.2 Å². The Morgan fingerprint density at radius 1 is 1.22 bits per heavy atom. The Balaban J connectivity index is 1.73. The molecule has 2 aromatic rings. The molecule has 1 aliphatic heterocycles. The molecule has 5 nitrogen and oxygen atoms in total. The maximum absolute atomic E-state index is 12.7. The molecule has 1 unspecified atom stereocenters. The predicted octanol–water partition coefficient (Wildman–Crippen LogP) is 4.60. The fourth-order valence-corrected chi connectivity index (χ4v) is 4.12. The highest BCUT2D eigenvalue weighted by Crippen LogP contribution is 2.32. The normalized spacial score (nSPS) is 18.0. The Bertz CT molecular complexity index is 886. The summed E-state index contributed by atoms with van der Waals surface area (Å²) in [6.07, 6.45) is 1.73. The number of hydrogen-bond acceptors (Lipinski definition) is 4. The molecule has 2 amide bonds. The van der Waals surface area contributed by atoms with Crippen LogP contribution in [0.25, 0.3) is 0 Å². The fourth-order valence-electron chi connectivity index (χ4n) is 2.57. The summed E-state index contributed by atoms with van der Waals surface area (Å²) in [5.74, 6) is -0.343. The Morgan fingerprint density at radius 3 is 2.63 bits per heavy atom. The van der Waals surface area contributed by atoms with Crippen molar-refractivity contribution in [2.75, 3.05) is 11.9 Å². The minimum Gasteiger partial charge on any atom is -0.325 e. The summed E-state index contributed by atoms with van der Waals surface area (Å²) >= 11 is 4.71. The molecule has 0 aliphatic carbocycles. The fraction of sp³-hybridized carbons (Fsp3) is 0.150. The Morgan fingerprint density at radius 2 is 1.93 bits per heavy atom. The highest BCUT2D eigenvalue weighted by atomic mass is 79.9. The van der Waals surface area contributed by atoms with Crippen LogP contribution in [0.15, 0.2) is 76.7 Å². The van der Waals surface area contributed by atoms with Gasteiger partial charge in [-0.05, 0) is 40.2 Å². The van der Waals surface area contributed by atoms with Crippen LogP contribution in [0.4, 0.5) is 11.4 Å². The summed E-state index contributed by atoms with van der Waals surface area (Å²) in [6.45, 7) is 4.07. The number of carbonyl (C=O) groups excluding carboxylic acids is 2. The zero-order valence-corrected chi connectivity index (χ0v) is 16.9. The van der Waals surface area contributed by atoms with Gasteiger partial charge in [0.15, 0.2) is 5.17 Å². The number of nitrogens with zero attached hydrogens (tertiary/aromatic N) is 2. The average Bonchev–Trinajstić information content (AvgIpc) is 2.93. The lowest BCUT2D eigenvalue weighted by Crippen LogP contribution is -2.33. The number of amidine groups is 1. The van der Waals surface area contributed by atoms with E-state index >= 15 is 0 Å². The minimum atomic E-state index is -0.505. The number of rotatable bonds is 6. The van der Waals surface area contributed by atoms with Crippen LogP contribution in [-0.4, -0.2) is 33.7 Å². The van der Waals surface area contributed by atoms with Gasteiger partial charge in [0.1, 0.15) is 5.25 Å². The van der Waals surface area contributed by atoms with Crippen molar-refractivity contribution in [1.29, 1.82) is 0 Å². The van der Waals surface area contributed by atoms with Gasteiger partial charge in [-0.2, -0.15) is 0 Å². The van der Waals surface area contributed by atoms with Gasteiger partial charge in [0.2, 0.25) is 11.8 Å². The molecule has 0 bridgehead atoms. The van der Waals surface area contributed by atoms with Crippen LogP contribution in [0.2, 0.25) is 0 Å². The van der Waals surface area contributed by atoms with E-state index in [2.05, 4.69) is 32.8 Å². The van der Waals surface area contributed by atoms with E-state index in [0.717, 1.165) is 10.2 Å². The topological polar surface area (TPSA) is 61.8 Å². The van der Waals surface area contributed by atoms with Crippen LogP contribution in [0.3, 0.4) is 0 Å². The zero-order chi connectivity index (χ0) is 19.2. The molecule has 138 valence electrons. The van der Waals surface area contributed by atoms with E-state index in [9.17, 15) is 9.59 Å². The van der Waals surface area contributed by atoms with Gasteiger partial charge < -0.3 is 5.32 Å². The monoisotopic (exact) mass is 443 g/mol. The minimum absolute atomic E-state index is 0.0757. The largest absolute Gasteiger partial charge is 0.325 e. The third kappa shape index (κ3) is 4.87. The summed E-state index contributed by atoms with van der Waals surface area (Å²) in [5, 5.41) is 2.92. The number of nitrogens with one attached hydrogen (secondary N) is 1. The summed E-state index contributed by atoms with van der Waals surface area (Å²) in [6, 6.07) is 16.8. The number of halogens is 1. The van der Waals surface area contributed by atoms with E-state index in [-0.39, 0.29) is 18.2 Å². The maximum atomic E-state index is 12.7. The van der Waals surface area contributed by atoms with Crippen LogP contribution in [0, 0.1) is 0 Å². The molecule has 1 saturated heterocycles. The summed E-state index contributed by atoms with van der Waals surface area (Å²) in [5.41, 5.74) is 1.44. The number of carbonyl (C=O) groups is 2. The Labute approximate surface area is 170 Å². The number of anilines is 1. The lowest BCUT2D eigenvalue weighted by atomic mass is 10.2. The lowest BCUT2D eigenvalue weighted by Gasteiger charge is -2.13. The second-order valence-corrected chi connectivity index (χ2v) is 7.83. The number of aliphatic imine (C=N–C) groups is 1. The molecule has 0 radical (unpaired) electrons. The number of benzene rings is 2. The first-order valence-electron chi connectivity index (χ1n) is 8.35. The van der Waals surface area contributed by atoms with Crippen LogP contribution >= 0.6 is 27.7 Å². The molecule has 7 heteroatoms. The van der Waals surface area contributed by atoms with E-state index < -0.39 is 5.25 Å². The van der Waals surface area contributed by atoms with Crippen molar-refractivity contribution in [3.8, 4) is 0 Å². The van der Waals surface area contributed by atoms with E-state index in [1.807, 2.05) is 48.5 Å². The average molecular weight is 444 g/mol. The van der Waals surface area contributed by atoms with Gasteiger partial charge in [-0.3, -0.25) is 14.5 Å². The molecule has 1 N–H and O–H groups in total. The molecule has 0 saturated carbocycles. The first-order chi connectivity index (χ1) is 13.1. The quantitative estimate of drug-likeness (QED) is 0.663. The Kier molecular flexibility index (Phi) is 6.47. The van der Waals surface area contributed by atoms with Crippen LogP contribution in [0.1, 0.15) is 6.42 Å². The van der Waals surface area contributed by atoms with E-state index in [0.29, 0.717) is 17.4 Å². The third-order valence-corrected chi connectivity index (χ3v) is 5.70. The van der Waals surface area contributed by atoms with Gasteiger partial charge in [0, 0.05) is 17.4 Å². The zero-order valence-electron chi connectivity index (χ0n) is 14.5. The molecule has 2 aromatic carbocycles. The molecule has 3 rings (SSSR count). The first-order valence-corrected chi connectivity index (χ1v) is 10.0. The summed E-state index contributed by atoms with van der Waals surface area (Å²) in [7, 11) is 0. The van der Waals surface area contributed by atoms with Crippen molar-refractivity contribution in [3.05, 3.63) is 71.7 Å². The first kappa shape index (κ1) is 19.4. The maximum Gasteiger partial charge on any atom is 0.242 e. The van der Waals surface area contributed by atoms with Crippen molar-refractivity contribution in [2.45, 2.75) is 11.7 Å². The highest BCUT2D eigenvalue weighted by molar-refractivity contribution is 9.10. The highest BCUT2D eigenvalue weighted by Gasteiger charge is 2.38. The summed E-state index contributed by atoms with van der Waals surface area (Å²) < 4.78 is 0.795. The van der Waals surface area contributed by atoms with Gasteiger partial charge in [-0.15, -0.1) is 6.58 Å². The van der Waals surface area contributed by atoms with Crippen molar-refractivity contribution in [1.82, 2.24) is 4.90 Å². The molecule has 0 spiro atoms. The second-order valence-electron chi connectivity index (χ2n) is 5.81. The molecule has 0 aromatic heterocycles. The molecule has 1 fully saturated rings. The predicted molar refractivity (Wildman–Crippen MR) is 114 cm³/mol. The molecule has 1 heterocycles. The summed E-state index contributed by atoms with van der Waals surface area (Å²) in [4.78, 5) is 31.3. The van der Waals surface area contributed by atoms with Gasteiger partial charge in [0.05, 0.1) is 11.4 Å². The van der Waals surface area contributed by atoms with Gasteiger partial charge in [0.25, 0.3) is 0 Å². The van der Waals surface area contributed by atoms with Crippen molar-refractivity contribution in [3.63, 3.8) is 0 Å². The standard InChI is InChI=1S/C20H18BrN3O2S/c1-2-12-24-19(26)17(27-20(24)22-14-8-4-3-5-9-14)13-18(25)23-16-11-7-6-10-15(16)21/h2-11,17H,1,12-13H2,(H,23,25). The molecule has 1 atom stereocenters. The van der Waals surface area contributed by atoms with E-state index in [1.165, 1.54) is 11.8 Å². The smallest absolute Gasteiger partial charge is 0.242 e. The molecule has 1 aliphatic rings. The van der Waals surface area contributed by atoms with E-state index in [1.54, 1.807) is 17.0 Å². The molecular weight excluding hydrogens is 426 g/mol. The van der Waals surface area contributed by atoms with Crippen LogP contribution < -0.4 is 5.32 Å². The van der Waals surface area contributed by atoms with Crippen molar-refractivity contribution in [2.24, 2.45) is 4.99 Å². The number of hydrogen-bond donors (Lipinski definition) is 1. The number of amides is 2. The SMILES string of the molecule is C=CCN1C(=O)C(CC(=O)Nc2ccccc2Br)SC1=Nc1ccccc1. The molecule has 27 heavy (non-hydrogen) atoms. The van der Waals surface area contributed by atoms with Gasteiger partial charge >= 0.3 is 0 Å².